The van der Waals surface area contributed by atoms with Crippen LogP contribution in [0.1, 0.15) is 18.5 Å². The molecule has 1 amide bonds. The molecular weight excluding hydrogens is 405 g/mol. The third-order valence-corrected chi connectivity index (χ3v) is 4.20. The molecule has 0 fully saturated rings. The number of carbonyl (C=O) groups excluding carboxylic acids is 1. The van der Waals surface area contributed by atoms with E-state index in [1.165, 1.54) is 0 Å². The number of amides is 1. The maximum Gasteiger partial charge on any atom is 0.221 e. The molecule has 2 aromatic heterocycles. The topological polar surface area (TPSA) is 64.7 Å². The predicted octanol–water partition coefficient (Wildman–Crippen LogP) is 2.24. The number of rotatable bonds is 7. The van der Waals surface area contributed by atoms with Crippen molar-refractivity contribution in [2.45, 2.75) is 32.9 Å². The Bertz CT molecular complexity index is 590. The number of carbonyl (C=O) groups is 1. The Morgan fingerprint density at radius 3 is 2.81 bits per heavy atom. The molecule has 0 aliphatic rings. The summed E-state index contributed by atoms with van der Waals surface area (Å²) < 4.78 is 4.69. The highest BCUT2D eigenvalue weighted by Crippen LogP contribution is 2.08. The first-order valence-corrected chi connectivity index (χ1v) is 8.14. The summed E-state index contributed by atoms with van der Waals surface area (Å²) in [7, 11) is 0. The Kier molecular flexibility index (Phi) is 6.04. The summed E-state index contributed by atoms with van der Waals surface area (Å²) in [5.74, 6) is 0.0386. The van der Waals surface area contributed by atoms with Crippen LogP contribution in [0, 0.1) is 10.5 Å². The van der Waals surface area contributed by atoms with Crippen molar-refractivity contribution in [1.29, 1.82) is 0 Å². The summed E-state index contributed by atoms with van der Waals surface area (Å²) in [6.45, 7) is 3.93. The maximum atomic E-state index is 11.7. The largest absolute Gasteiger partial charge is 0.356 e. The van der Waals surface area contributed by atoms with Gasteiger partial charge in [0.2, 0.25) is 5.91 Å². The second kappa shape index (κ2) is 7.79. The molecule has 1 N–H and O–H groups in total. The van der Waals surface area contributed by atoms with Gasteiger partial charge in [0.25, 0.3) is 0 Å². The van der Waals surface area contributed by atoms with Gasteiger partial charge in [-0.15, -0.1) is 0 Å². The molecule has 0 aliphatic heterocycles. The molecule has 8 heteroatoms. The van der Waals surface area contributed by atoms with E-state index in [0.29, 0.717) is 24.5 Å². The van der Waals surface area contributed by atoms with E-state index in [2.05, 4.69) is 38.1 Å². The third-order valence-electron chi connectivity index (χ3n) is 2.94. The van der Waals surface area contributed by atoms with E-state index in [4.69, 9.17) is 11.6 Å². The van der Waals surface area contributed by atoms with Gasteiger partial charge in [0, 0.05) is 38.4 Å². The Labute approximate surface area is 142 Å². The number of aromatic nitrogens is 4. The first-order chi connectivity index (χ1) is 10.0. The summed E-state index contributed by atoms with van der Waals surface area (Å²) in [5, 5.41) is 11.9. The van der Waals surface area contributed by atoms with E-state index >= 15 is 0 Å². The van der Waals surface area contributed by atoms with Crippen LogP contribution in [0.3, 0.4) is 0 Å². The third kappa shape index (κ3) is 5.31. The van der Waals surface area contributed by atoms with Crippen molar-refractivity contribution in [3.63, 3.8) is 0 Å². The Morgan fingerprint density at radius 1 is 1.38 bits per heavy atom. The van der Waals surface area contributed by atoms with Gasteiger partial charge in [-0.2, -0.15) is 10.2 Å². The molecule has 0 aromatic carbocycles. The lowest BCUT2D eigenvalue weighted by molar-refractivity contribution is -0.121. The van der Waals surface area contributed by atoms with Crippen molar-refractivity contribution in [2.24, 2.45) is 0 Å². The summed E-state index contributed by atoms with van der Waals surface area (Å²) in [4.78, 5) is 11.7. The van der Waals surface area contributed by atoms with E-state index < -0.39 is 0 Å². The van der Waals surface area contributed by atoms with Crippen molar-refractivity contribution in [1.82, 2.24) is 24.9 Å². The van der Waals surface area contributed by atoms with Crippen molar-refractivity contribution in [3.05, 3.63) is 32.9 Å². The fourth-order valence-corrected chi connectivity index (χ4v) is 2.43. The van der Waals surface area contributed by atoms with E-state index in [-0.39, 0.29) is 5.91 Å². The molecule has 21 heavy (non-hydrogen) atoms. The fraction of sp³-hybridized carbons (Fsp3) is 0.462. The monoisotopic (exact) mass is 421 g/mol. The molecule has 0 saturated carbocycles. The average Bonchev–Trinajstić information content (AvgIpc) is 2.99. The standard InChI is InChI=1S/C13H17ClIN5O/c1-10-12(15)9-20(18-10)6-3-13(21)16-4-2-5-19-8-11(14)7-17-19/h7-9H,2-6H2,1H3,(H,16,21). The lowest BCUT2D eigenvalue weighted by Gasteiger charge is -2.05. The van der Waals surface area contributed by atoms with Crippen molar-refractivity contribution in [3.8, 4) is 0 Å². The molecule has 0 radical (unpaired) electrons. The molecule has 0 aliphatic carbocycles. The first kappa shape index (κ1) is 16.3. The highest BCUT2D eigenvalue weighted by atomic mass is 127. The van der Waals surface area contributed by atoms with Crippen molar-refractivity contribution in [2.75, 3.05) is 6.54 Å². The molecule has 0 atom stereocenters. The minimum Gasteiger partial charge on any atom is -0.356 e. The van der Waals surface area contributed by atoms with Crippen LogP contribution in [-0.4, -0.2) is 32.0 Å². The fourth-order valence-electron chi connectivity index (χ4n) is 1.84. The zero-order valence-electron chi connectivity index (χ0n) is 11.7. The van der Waals surface area contributed by atoms with Crippen LogP contribution in [0.4, 0.5) is 0 Å². The highest BCUT2D eigenvalue weighted by molar-refractivity contribution is 14.1. The van der Waals surface area contributed by atoms with E-state index in [1.54, 1.807) is 17.1 Å². The second-order valence-electron chi connectivity index (χ2n) is 4.70. The Hall–Kier alpha value is -1.09. The molecule has 0 spiro atoms. The molecule has 0 unspecified atom stereocenters. The molecule has 2 aromatic rings. The second-order valence-corrected chi connectivity index (χ2v) is 6.30. The van der Waals surface area contributed by atoms with Gasteiger partial charge in [-0.25, -0.2) is 0 Å². The lowest BCUT2D eigenvalue weighted by Crippen LogP contribution is -2.26. The van der Waals surface area contributed by atoms with Gasteiger partial charge in [0.15, 0.2) is 0 Å². The Morgan fingerprint density at radius 2 is 2.19 bits per heavy atom. The normalized spacial score (nSPS) is 10.8. The zero-order chi connectivity index (χ0) is 15.2. The minimum absolute atomic E-state index is 0.0386. The van der Waals surface area contributed by atoms with Crippen LogP contribution >= 0.6 is 34.2 Å². The summed E-state index contributed by atoms with van der Waals surface area (Å²) in [6, 6.07) is 0. The molecular formula is C13H17ClIN5O. The van der Waals surface area contributed by atoms with E-state index in [0.717, 1.165) is 22.2 Å². The SMILES string of the molecule is Cc1nn(CCC(=O)NCCCn2cc(Cl)cn2)cc1I. The molecule has 114 valence electrons. The lowest BCUT2D eigenvalue weighted by atomic mass is 10.3. The number of halogens is 2. The van der Waals surface area contributed by atoms with E-state index in [9.17, 15) is 4.79 Å². The van der Waals surface area contributed by atoms with Gasteiger partial charge < -0.3 is 5.32 Å². The predicted molar refractivity (Wildman–Crippen MR) is 89.2 cm³/mol. The number of hydrogen-bond acceptors (Lipinski definition) is 3. The van der Waals surface area contributed by atoms with Gasteiger partial charge in [-0.1, -0.05) is 11.6 Å². The highest BCUT2D eigenvalue weighted by Gasteiger charge is 2.05. The average molecular weight is 422 g/mol. The van der Waals surface area contributed by atoms with E-state index in [1.807, 2.05) is 17.8 Å². The number of hydrogen-bond donors (Lipinski definition) is 1. The van der Waals surface area contributed by atoms with Crippen LogP contribution in [-0.2, 0) is 17.9 Å². The quantitative estimate of drug-likeness (QED) is 0.551. The van der Waals surface area contributed by atoms with Crippen LogP contribution < -0.4 is 5.32 Å². The van der Waals surface area contributed by atoms with Gasteiger partial charge >= 0.3 is 0 Å². The summed E-state index contributed by atoms with van der Waals surface area (Å²) in [6.07, 6.45) is 6.58. The molecule has 2 rings (SSSR count). The van der Waals surface area contributed by atoms with Gasteiger partial charge in [0.05, 0.1) is 20.5 Å². The molecule has 0 bridgehead atoms. The van der Waals surface area contributed by atoms with Crippen molar-refractivity contribution >= 4 is 40.1 Å². The number of nitrogens with one attached hydrogen (secondary N) is 1. The van der Waals surface area contributed by atoms with Crippen LogP contribution in [0.25, 0.3) is 0 Å². The van der Waals surface area contributed by atoms with Crippen LogP contribution in [0.5, 0.6) is 0 Å². The smallest absolute Gasteiger partial charge is 0.221 e. The van der Waals surface area contributed by atoms with Gasteiger partial charge in [0.1, 0.15) is 0 Å². The van der Waals surface area contributed by atoms with Crippen LogP contribution in [0.2, 0.25) is 5.02 Å². The number of nitrogens with zero attached hydrogens (tertiary/aromatic N) is 4. The minimum atomic E-state index is 0.0386. The van der Waals surface area contributed by atoms with Crippen molar-refractivity contribution < 1.29 is 4.79 Å². The maximum absolute atomic E-state index is 11.7. The molecule has 6 nitrogen and oxygen atoms in total. The first-order valence-electron chi connectivity index (χ1n) is 6.69. The van der Waals surface area contributed by atoms with Crippen LogP contribution in [0.15, 0.2) is 18.6 Å². The van der Waals surface area contributed by atoms with Gasteiger partial charge in [-0.05, 0) is 35.9 Å². The number of aryl methyl sites for hydroxylation is 3. The molecule has 0 saturated heterocycles. The summed E-state index contributed by atoms with van der Waals surface area (Å²) >= 11 is 8.01. The Balaban J connectivity index is 1.61. The molecule has 2 heterocycles. The zero-order valence-corrected chi connectivity index (χ0v) is 14.6. The van der Waals surface area contributed by atoms with Gasteiger partial charge in [-0.3, -0.25) is 14.2 Å². The summed E-state index contributed by atoms with van der Waals surface area (Å²) in [5.41, 5.74) is 0.994.